The van der Waals surface area contributed by atoms with Crippen molar-refractivity contribution < 1.29 is 4.39 Å². The van der Waals surface area contributed by atoms with Crippen molar-refractivity contribution in [1.29, 1.82) is 0 Å². The highest BCUT2D eigenvalue weighted by molar-refractivity contribution is 9.10. The summed E-state index contributed by atoms with van der Waals surface area (Å²) in [5, 5.41) is 6.87. The second kappa shape index (κ2) is 3.62. The highest BCUT2D eigenvalue weighted by atomic mass is 79.9. The van der Waals surface area contributed by atoms with Crippen LogP contribution < -0.4 is 10.6 Å². The zero-order valence-electron chi connectivity index (χ0n) is 8.95. The van der Waals surface area contributed by atoms with Gasteiger partial charge in [-0.25, -0.2) is 4.39 Å². The lowest BCUT2D eigenvalue weighted by Crippen LogP contribution is -2.45. The topological polar surface area (TPSA) is 24.1 Å². The van der Waals surface area contributed by atoms with Crippen LogP contribution in [-0.2, 0) is 0 Å². The maximum atomic E-state index is 13.5. The zero-order valence-corrected chi connectivity index (χ0v) is 10.5. The molecule has 0 unspecified atom stereocenters. The molecule has 1 fully saturated rings. The van der Waals surface area contributed by atoms with E-state index in [1.807, 2.05) is 6.07 Å². The summed E-state index contributed by atoms with van der Waals surface area (Å²) in [5.41, 5.74) is 2.12. The Hall–Kier alpha value is -0.770. The number of fused-ring (bicyclic) bond motifs is 1. The molecule has 0 saturated heterocycles. The SMILES string of the molecule is Fc1cc2c(cc1Br)NCCC1(CCC1)N2. The summed E-state index contributed by atoms with van der Waals surface area (Å²) in [6.45, 7) is 0.956. The van der Waals surface area contributed by atoms with E-state index in [2.05, 4.69) is 26.6 Å². The molecule has 1 aromatic rings. The van der Waals surface area contributed by atoms with Crippen molar-refractivity contribution in [3.63, 3.8) is 0 Å². The number of hydrogen-bond acceptors (Lipinski definition) is 2. The molecule has 0 amide bonds. The fourth-order valence-electron chi connectivity index (χ4n) is 2.56. The van der Waals surface area contributed by atoms with Crippen LogP contribution >= 0.6 is 15.9 Å². The molecule has 1 aliphatic carbocycles. The Bertz CT molecular complexity index is 429. The quantitative estimate of drug-likeness (QED) is 0.758. The smallest absolute Gasteiger partial charge is 0.139 e. The first-order chi connectivity index (χ1) is 7.69. The average molecular weight is 285 g/mol. The Morgan fingerprint density at radius 1 is 1.19 bits per heavy atom. The molecule has 1 heterocycles. The normalized spacial score (nSPS) is 21.4. The van der Waals surface area contributed by atoms with E-state index < -0.39 is 0 Å². The minimum Gasteiger partial charge on any atom is -0.383 e. The molecule has 3 rings (SSSR count). The van der Waals surface area contributed by atoms with E-state index in [9.17, 15) is 4.39 Å². The Labute approximate surface area is 103 Å². The number of rotatable bonds is 0. The van der Waals surface area contributed by atoms with Gasteiger partial charge in [0.2, 0.25) is 0 Å². The predicted molar refractivity (Wildman–Crippen MR) is 67.4 cm³/mol. The molecule has 0 aromatic heterocycles. The van der Waals surface area contributed by atoms with Gasteiger partial charge in [-0.05, 0) is 47.7 Å². The van der Waals surface area contributed by atoms with Gasteiger partial charge in [0.1, 0.15) is 5.82 Å². The summed E-state index contributed by atoms with van der Waals surface area (Å²) >= 11 is 3.22. The first kappa shape index (κ1) is 10.4. The van der Waals surface area contributed by atoms with Gasteiger partial charge in [0.05, 0.1) is 15.8 Å². The summed E-state index contributed by atoms with van der Waals surface area (Å²) in [6, 6.07) is 3.40. The van der Waals surface area contributed by atoms with Crippen LogP contribution in [0.1, 0.15) is 25.7 Å². The van der Waals surface area contributed by atoms with Crippen LogP contribution in [0.15, 0.2) is 16.6 Å². The Morgan fingerprint density at radius 2 is 2.00 bits per heavy atom. The minimum absolute atomic E-state index is 0.204. The van der Waals surface area contributed by atoms with E-state index in [1.165, 1.54) is 19.3 Å². The molecular weight excluding hydrogens is 271 g/mol. The maximum absolute atomic E-state index is 13.5. The van der Waals surface area contributed by atoms with Crippen molar-refractivity contribution in [3.05, 3.63) is 22.4 Å². The molecule has 16 heavy (non-hydrogen) atoms. The van der Waals surface area contributed by atoms with E-state index in [0.717, 1.165) is 24.3 Å². The summed E-state index contributed by atoms with van der Waals surface area (Å²) in [4.78, 5) is 0. The second-order valence-corrected chi connectivity index (χ2v) is 5.60. The third kappa shape index (κ3) is 1.59. The molecule has 1 aromatic carbocycles. The summed E-state index contributed by atoms with van der Waals surface area (Å²) in [6.07, 6.45) is 4.79. The molecular formula is C12H14BrFN2. The van der Waals surface area contributed by atoms with Crippen molar-refractivity contribution in [2.24, 2.45) is 0 Å². The van der Waals surface area contributed by atoms with Crippen molar-refractivity contribution in [1.82, 2.24) is 0 Å². The maximum Gasteiger partial charge on any atom is 0.139 e. The number of benzene rings is 1. The Morgan fingerprint density at radius 3 is 2.69 bits per heavy atom. The van der Waals surface area contributed by atoms with Gasteiger partial charge in [-0.15, -0.1) is 0 Å². The van der Waals surface area contributed by atoms with Crippen LogP contribution in [0.4, 0.5) is 15.8 Å². The minimum atomic E-state index is -0.204. The standard InChI is InChI=1S/C12H14BrFN2/c13-8-6-10-11(7-9(8)14)16-12(2-1-3-12)4-5-15-10/h6-7,15-16H,1-5H2. The zero-order chi connectivity index (χ0) is 11.2. The molecule has 1 aliphatic heterocycles. The van der Waals surface area contributed by atoms with Gasteiger partial charge in [0.25, 0.3) is 0 Å². The van der Waals surface area contributed by atoms with E-state index in [-0.39, 0.29) is 11.4 Å². The fraction of sp³-hybridized carbons (Fsp3) is 0.500. The average Bonchev–Trinajstić information content (AvgIpc) is 2.38. The number of halogens is 2. The molecule has 1 spiro atoms. The van der Waals surface area contributed by atoms with E-state index in [1.54, 1.807) is 6.07 Å². The van der Waals surface area contributed by atoms with Gasteiger partial charge >= 0.3 is 0 Å². The molecule has 4 heteroatoms. The first-order valence-electron chi connectivity index (χ1n) is 5.70. The Balaban J connectivity index is 1.99. The lowest BCUT2D eigenvalue weighted by atomic mass is 9.74. The second-order valence-electron chi connectivity index (χ2n) is 4.75. The first-order valence-corrected chi connectivity index (χ1v) is 6.49. The lowest BCUT2D eigenvalue weighted by Gasteiger charge is -2.42. The van der Waals surface area contributed by atoms with Crippen molar-refractivity contribution in [3.8, 4) is 0 Å². The van der Waals surface area contributed by atoms with Crippen LogP contribution in [0.25, 0.3) is 0 Å². The van der Waals surface area contributed by atoms with Gasteiger partial charge in [0, 0.05) is 18.2 Å². The van der Waals surface area contributed by atoms with Gasteiger partial charge < -0.3 is 10.6 Å². The van der Waals surface area contributed by atoms with Gasteiger partial charge in [-0.2, -0.15) is 0 Å². The predicted octanol–water partition coefficient (Wildman–Crippen LogP) is 3.74. The lowest BCUT2D eigenvalue weighted by molar-refractivity contribution is 0.268. The fourth-order valence-corrected chi connectivity index (χ4v) is 2.90. The molecule has 0 radical (unpaired) electrons. The van der Waals surface area contributed by atoms with Gasteiger partial charge in [0.15, 0.2) is 0 Å². The highest BCUT2D eigenvalue weighted by Crippen LogP contribution is 2.42. The van der Waals surface area contributed by atoms with Gasteiger partial charge in [-0.1, -0.05) is 0 Å². The molecule has 2 N–H and O–H groups in total. The van der Waals surface area contributed by atoms with Crippen LogP contribution in [0.3, 0.4) is 0 Å². The monoisotopic (exact) mass is 284 g/mol. The largest absolute Gasteiger partial charge is 0.383 e. The summed E-state index contributed by atoms with van der Waals surface area (Å²) in [5.74, 6) is -0.204. The van der Waals surface area contributed by atoms with Crippen LogP contribution in [0, 0.1) is 5.82 Å². The van der Waals surface area contributed by atoms with Crippen molar-refractivity contribution in [2.45, 2.75) is 31.2 Å². The molecule has 86 valence electrons. The summed E-state index contributed by atoms with van der Waals surface area (Å²) < 4.78 is 14.0. The van der Waals surface area contributed by atoms with Crippen LogP contribution in [-0.4, -0.2) is 12.1 Å². The third-order valence-electron chi connectivity index (χ3n) is 3.69. The number of nitrogens with one attached hydrogen (secondary N) is 2. The third-order valence-corrected chi connectivity index (χ3v) is 4.30. The molecule has 1 saturated carbocycles. The van der Waals surface area contributed by atoms with E-state index >= 15 is 0 Å². The Kier molecular flexibility index (Phi) is 2.35. The van der Waals surface area contributed by atoms with Crippen molar-refractivity contribution in [2.75, 3.05) is 17.2 Å². The number of anilines is 2. The molecule has 2 nitrogen and oxygen atoms in total. The van der Waals surface area contributed by atoms with E-state index in [0.29, 0.717) is 4.47 Å². The number of hydrogen-bond donors (Lipinski definition) is 2. The van der Waals surface area contributed by atoms with E-state index in [4.69, 9.17) is 0 Å². The molecule has 0 bridgehead atoms. The summed E-state index contributed by atoms with van der Waals surface area (Å²) in [7, 11) is 0. The van der Waals surface area contributed by atoms with Crippen molar-refractivity contribution >= 4 is 27.3 Å². The van der Waals surface area contributed by atoms with Crippen LogP contribution in [0.5, 0.6) is 0 Å². The van der Waals surface area contributed by atoms with Crippen LogP contribution in [0.2, 0.25) is 0 Å². The highest BCUT2D eigenvalue weighted by Gasteiger charge is 2.38. The van der Waals surface area contributed by atoms with Gasteiger partial charge in [-0.3, -0.25) is 0 Å². The molecule has 2 aliphatic rings. The molecule has 0 atom stereocenters.